The predicted octanol–water partition coefficient (Wildman–Crippen LogP) is 2.54. The van der Waals surface area contributed by atoms with E-state index in [1.807, 2.05) is 0 Å². The van der Waals surface area contributed by atoms with Gasteiger partial charge in [-0.2, -0.15) is 0 Å². The zero-order valence-corrected chi connectivity index (χ0v) is 12.2. The number of thioether (sulfide) groups is 1. The molecular formula is C15H22N2OS. The fourth-order valence-electron chi connectivity index (χ4n) is 2.57. The quantitative estimate of drug-likeness (QED) is 0.814. The Balaban J connectivity index is 1.76. The molecule has 2 rings (SSSR count). The number of nitrogens with one attached hydrogen (secondary N) is 1. The van der Waals surface area contributed by atoms with Crippen LogP contribution in [0, 0.1) is 5.92 Å². The number of hydrogen-bond donors (Lipinski definition) is 2. The molecule has 0 aliphatic heterocycles. The van der Waals surface area contributed by atoms with Gasteiger partial charge in [-0.15, -0.1) is 11.8 Å². The molecule has 3 N–H and O–H groups in total. The van der Waals surface area contributed by atoms with E-state index in [2.05, 4.69) is 35.8 Å². The molecule has 1 aromatic rings. The highest BCUT2D eigenvalue weighted by molar-refractivity contribution is 7.98. The van der Waals surface area contributed by atoms with Gasteiger partial charge in [0, 0.05) is 23.9 Å². The fourth-order valence-corrected chi connectivity index (χ4v) is 2.98. The lowest BCUT2D eigenvalue weighted by Gasteiger charge is -2.14. The van der Waals surface area contributed by atoms with Crippen LogP contribution in [0.5, 0.6) is 0 Å². The van der Waals surface area contributed by atoms with Crippen LogP contribution in [-0.4, -0.2) is 18.2 Å². The lowest BCUT2D eigenvalue weighted by Crippen LogP contribution is -2.31. The first-order chi connectivity index (χ1) is 9.19. The highest BCUT2D eigenvalue weighted by Gasteiger charge is 2.25. The second-order valence-corrected chi connectivity index (χ2v) is 6.06. The van der Waals surface area contributed by atoms with Crippen LogP contribution in [0.1, 0.15) is 31.2 Å². The molecule has 1 amide bonds. The third-order valence-corrected chi connectivity index (χ3v) is 4.56. The van der Waals surface area contributed by atoms with Crippen molar-refractivity contribution >= 4 is 17.7 Å². The molecule has 4 heteroatoms. The van der Waals surface area contributed by atoms with Crippen LogP contribution in [0.3, 0.4) is 0 Å². The molecule has 0 radical (unpaired) electrons. The summed E-state index contributed by atoms with van der Waals surface area (Å²) in [7, 11) is 0. The third-order valence-electron chi connectivity index (χ3n) is 3.81. The van der Waals surface area contributed by atoms with Gasteiger partial charge in [-0.25, -0.2) is 0 Å². The molecule has 2 atom stereocenters. The Bertz CT molecular complexity index is 419. The van der Waals surface area contributed by atoms with Gasteiger partial charge < -0.3 is 11.1 Å². The van der Waals surface area contributed by atoms with Crippen molar-refractivity contribution in [2.24, 2.45) is 11.7 Å². The number of amides is 1. The van der Waals surface area contributed by atoms with Crippen molar-refractivity contribution in [1.29, 1.82) is 0 Å². The van der Waals surface area contributed by atoms with Gasteiger partial charge in [0.15, 0.2) is 0 Å². The average Bonchev–Trinajstić information content (AvgIpc) is 2.82. The summed E-state index contributed by atoms with van der Waals surface area (Å²) in [5, 5.41) is 2.98. The molecule has 0 unspecified atom stereocenters. The zero-order chi connectivity index (χ0) is 13.7. The molecule has 1 fully saturated rings. The highest BCUT2D eigenvalue weighted by Crippen LogP contribution is 2.26. The standard InChI is InChI=1S/C15H22N2OS/c1-19-13-7-5-11(6-8-13)10-17-15(18)9-12-3-2-4-14(12)16/h5-8,12,14H,2-4,9-10,16H2,1H3,(H,17,18)/t12-,14+/m0/s1. The molecule has 0 heterocycles. The van der Waals surface area contributed by atoms with Crippen molar-refractivity contribution in [3.8, 4) is 0 Å². The molecule has 0 bridgehead atoms. The lowest BCUT2D eigenvalue weighted by molar-refractivity contribution is -0.122. The van der Waals surface area contributed by atoms with Gasteiger partial charge in [0.25, 0.3) is 0 Å². The number of carbonyl (C=O) groups excluding carboxylic acids is 1. The van der Waals surface area contributed by atoms with Crippen LogP contribution in [0.2, 0.25) is 0 Å². The van der Waals surface area contributed by atoms with Gasteiger partial charge in [-0.1, -0.05) is 18.6 Å². The van der Waals surface area contributed by atoms with Crippen LogP contribution in [0.15, 0.2) is 29.2 Å². The summed E-state index contributed by atoms with van der Waals surface area (Å²) in [6.45, 7) is 0.607. The summed E-state index contributed by atoms with van der Waals surface area (Å²) < 4.78 is 0. The second kappa shape index (κ2) is 6.96. The maximum absolute atomic E-state index is 11.9. The molecule has 0 spiro atoms. The summed E-state index contributed by atoms with van der Waals surface area (Å²) >= 11 is 1.72. The number of hydrogen-bond acceptors (Lipinski definition) is 3. The van der Waals surface area contributed by atoms with E-state index >= 15 is 0 Å². The summed E-state index contributed by atoms with van der Waals surface area (Å²) in [6.07, 6.45) is 5.95. The molecular weight excluding hydrogens is 256 g/mol. The maximum atomic E-state index is 11.9. The van der Waals surface area contributed by atoms with Gasteiger partial charge >= 0.3 is 0 Å². The average molecular weight is 278 g/mol. The summed E-state index contributed by atoms with van der Waals surface area (Å²) in [5.74, 6) is 0.496. The van der Waals surface area contributed by atoms with Crippen molar-refractivity contribution in [3.63, 3.8) is 0 Å². The second-order valence-electron chi connectivity index (χ2n) is 5.18. The topological polar surface area (TPSA) is 55.1 Å². The smallest absolute Gasteiger partial charge is 0.220 e. The Hall–Kier alpha value is -1.00. The molecule has 1 aromatic carbocycles. The van der Waals surface area contributed by atoms with Crippen molar-refractivity contribution in [3.05, 3.63) is 29.8 Å². The van der Waals surface area contributed by atoms with E-state index in [9.17, 15) is 4.79 Å². The Kier molecular flexibility index (Phi) is 5.28. The lowest BCUT2D eigenvalue weighted by atomic mass is 10.00. The van der Waals surface area contributed by atoms with Crippen LogP contribution in [0.4, 0.5) is 0 Å². The van der Waals surface area contributed by atoms with Gasteiger partial charge in [0.2, 0.25) is 5.91 Å². The molecule has 19 heavy (non-hydrogen) atoms. The van der Waals surface area contributed by atoms with Crippen LogP contribution >= 0.6 is 11.8 Å². The van der Waals surface area contributed by atoms with Crippen LogP contribution in [-0.2, 0) is 11.3 Å². The minimum absolute atomic E-state index is 0.122. The molecule has 0 saturated heterocycles. The first-order valence-electron chi connectivity index (χ1n) is 6.84. The van der Waals surface area contributed by atoms with E-state index in [1.54, 1.807) is 11.8 Å². The van der Waals surface area contributed by atoms with E-state index in [0.29, 0.717) is 18.9 Å². The number of nitrogens with two attached hydrogens (primary N) is 1. The minimum Gasteiger partial charge on any atom is -0.352 e. The number of carbonyl (C=O) groups is 1. The Morgan fingerprint density at radius 3 is 2.68 bits per heavy atom. The third kappa shape index (κ3) is 4.25. The van der Waals surface area contributed by atoms with Crippen LogP contribution < -0.4 is 11.1 Å². The first kappa shape index (κ1) is 14.4. The molecule has 0 aromatic heterocycles. The molecule has 1 aliphatic rings. The SMILES string of the molecule is CSc1ccc(CNC(=O)C[C@@H]2CCC[C@H]2N)cc1. The molecule has 3 nitrogen and oxygen atoms in total. The van der Waals surface area contributed by atoms with Gasteiger partial charge in [-0.3, -0.25) is 4.79 Å². The fraction of sp³-hybridized carbons (Fsp3) is 0.533. The number of benzene rings is 1. The van der Waals surface area contributed by atoms with E-state index in [1.165, 1.54) is 4.90 Å². The van der Waals surface area contributed by atoms with E-state index in [-0.39, 0.29) is 11.9 Å². The van der Waals surface area contributed by atoms with E-state index in [4.69, 9.17) is 5.73 Å². The highest BCUT2D eigenvalue weighted by atomic mass is 32.2. The van der Waals surface area contributed by atoms with E-state index < -0.39 is 0 Å². The number of rotatable bonds is 5. The van der Waals surface area contributed by atoms with Crippen molar-refractivity contribution in [2.75, 3.05) is 6.26 Å². The normalized spacial score (nSPS) is 22.4. The zero-order valence-electron chi connectivity index (χ0n) is 11.4. The monoisotopic (exact) mass is 278 g/mol. The summed E-state index contributed by atoms with van der Waals surface area (Å²) in [6, 6.07) is 8.51. The van der Waals surface area contributed by atoms with Gasteiger partial charge in [0.05, 0.1) is 0 Å². The molecule has 1 aliphatic carbocycles. The van der Waals surface area contributed by atoms with Crippen molar-refractivity contribution in [2.45, 2.75) is 43.2 Å². The van der Waals surface area contributed by atoms with Crippen molar-refractivity contribution in [1.82, 2.24) is 5.32 Å². The minimum atomic E-state index is 0.122. The Morgan fingerprint density at radius 1 is 1.37 bits per heavy atom. The maximum Gasteiger partial charge on any atom is 0.220 e. The molecule has 1 saturated carbocycles. The Labute approximate surface area is 119 Å². The van der Waals surface area contributed by atoms with Gasteiger partial charge in [-0.05, 0) is 42.7 Å². The van der Waals surface area contributed by atoms with Crippen LogP contribution in [0.25, 0.3) is 0 Å². The molecule has 104 valence electrons. The largest absolute Gasteiger partial charge is 0.352 e. The van der Waals surface area contributed by atoms with Crippen molar-refractivity contribution < 1.29 is 4.79 Å². The van der Waals surface area contributed by atoms with E-state index in [0.717, 1.165) is 24.8 Å². The summed E-state index contributed by atoms with van der Waals surface area (Å²) in [5.41, 5.74) is 7.12. The first-order valence-corrected chi connectivity index (χ1v) is 8.06. The van der Waals surface area contributed by atoms with Gasteiger partial charge in [0.1, 0.15) is 0 Å². The predicted molar refractivity (Wildman–Crippen MR) is 80.0 cm³/mol. The Morgan fingerprint density at radius 2 is 2.11 bits per heavy atom. The summed E-state index contributed by atoms with van der Waals surface area (Å²) in [4.78, 5) is 13.1.